The van der Waals surface area contributed by atoms with Crippen LogP contribution in [0.3, 0.4) is 0 Å². The van der Waals surface area contributed by atoms with Crippen LogP contribution >= 0.6 is 11.3 Å². The van der Waals surface area contributed by atoms with E-state index in [0.29, 0.717) is 0 Å². The van der Waals surface area contributed by atoms with Crippen molar-refractivity contribution < 1.29 is 4.74 Å². The molecule has 0 aliphatic heterocycles. The van der Waals surface area contributed by atoms with Gasteiger partial charge in [-0.05, 0) is 42.9 Å². The fourth-order valence-corrected chi connectivity index (χ4v) is 3.05. The lowest BCUT2D eigenvalue weighted by Crippen LogP contribution is -2.15. The molecule has 0 saturated heterocycles. The van der Waals surface area contributed by atoms with Crippen molar-refractivity contribution in [3.8, 4) is 5.75 Å². The second kappa shape index (κ2) is 7.31. The molecule has 0 fully saturated rings. The standard InChI is InChI=1S/C16H22N2OS/c1-4-17-11-15-9-10-16(20-15)12-18(2)13-5-7-14(19-3)8-6-13/h5-10,17H,4,11-12H2,1-3H3. The Morgan fingerprint density at radius 1 is 1.10 bits per heavy atom. The van der Waals surface area contributed by atoms with E-state index >= 15 is 0 Å². The molecule has 0 aliphatic carbocycles. The number of anilines is 1. The van der Waals surface area contributed by atoms with Crippen LogP contribution in [-0.2, 0) is 13.1 Å². The Hall–Kier alpha value is -1.52. The van der Waals surface area contributed by atoms with E-state index < -0.39 is 0 Å². The molecule has 1 N–H and O–H groups in total. The Balaban J connectivity index is 1.95. The average molecular weight is 290 g/mol. The first-order valence-corrected chi connectivity index (χ1v) is 7.68. The number of thiophene rings is 1. The summed E-state index contributed by atoms with van der Waals surface area (Å²) >= 11 is 1.87. The fraction of sp³-hybridized carbons (Fsp3) is 0.375. The number of nitrogens with zero attached hydrogens (tertiary/aromatic N) is 1. The van der Waals surface area contributed by atoms with Crippen molar-refractivity contribution in [2.45, 2.75) is 20.0 Å². The highest BCUT2D eigenvalue weighted by Gasteiger charge is 2.05. The van der Waals surface area contributed by atoms with Crippen LogP contribution in [0.1, 0.15) is 16.7 Å². The molecule has 0 unspecified atom stereocenters. The van der Waals surface area contributed by atoms with E-state index in [1.807, 2.05) is 23.5 Å². The van der Waals surface area contributed by atoms with Gasteiger partial charge in [0.25, 0.3) is 0 Å². The molecule has 0 saturated carbocycles. The first-order valence-electron chi connectivity index (χ1n) is 6.86. The van der Waals surface area contributed by atoms with Gasteiger partial charge in [-0.25, -0.2) is 0 Å². The normalized spacial score (nSPS) is 10.6. The molecule has 0 spiro atoms. The van der Waals surface area contributed by atoms with Crippen LogP contribution < -0.4 is 15.0 Å². The van der Waals surface area contributed by atoms with Crippen molar-refractivity contribution in [2.75, 3.05) is 25.6 Å². The predicted octanol–water partition coefficient (Wildman–Crippen LogP) is 3.50. The largest absolute Gasteiger partial charge is 0.497 e. The minimum absolute atomic E-state index is 0.895. The summed E-state index contributed by atoms with van der Waals surface area (Å²) in [6, 6.07) is 12.6. The van der Waals surface area contributed by atoms with Gasteiger partial charge in [0.1, 0.15) is 5.75 Å². The van der Waals surface area contributed by atoms with Crippen molar-refractivity contribution in [1.29, 1.82) is 0 Å². The molecule has 1 aromatic heterocycles. The van der Waals surface area contributed by atoms with Crippen LogP contribution in [-0.4, -0.2) is 20.7 Å². The molecule has 0 bridgehead atoms. The zero-order valence-electron chi connectivity index (χ0n) is 12.3. The lowest BCUT2D eigenvalue weighted by Gasteiger charge is -2.18. The second-order valence-electron chi connectivity index (χ2n) is 4.70. The Bertz CT molecular complexity index is 522. The number of hydrogen-bond acceptors (Lipinski definition) is 4. The van der Waals surface area contributed by atoms with Gasteiger partial charge < -0.3 is 15.0 Å². The first-order chi connectivity index (χ1) is 9.72. The van der Waals surface area contributed by atoms with Gasteiger partial charge in [-0.2, -0.15) is 0 Å². The van der Waals surface area contributed by atoms with Gasteiger partial charge in [0, 0.05) is 29.0 Å². The molecular weight excluding hydrogens is 268 g/mol. The van der Waals surface area contributed by atoms with E-state index in [-0.39, 0.29) is 0 Å². The van der Waals surface area contributed by atoms with Crippen molar-refractivity contribution in [3.05, 3.63) is 46.2 Å². The third kappa shape index (κ3) is 3.99. The number of benzene rings is 1. The van der Waals surface area contributed by atoms with E-state index in [0.717, 1.165) is 25.4 Å². The van der Waals surface area contributed by atoms with E-state index in [4.69, 9.17) is 4.74 Å². The zero-order chi connectivity index (χ0) is 14.4. The lowest BCUT2D eigenvalue weighted by atomic mass is 10.2. The molecule has 108 valence electrons. The van der Waals surface area contributed by atoms with Crippen LogP contribution in [0, 0.1) is 0 Å². The molecular formula is C16H22N2OS. The van der Waals surface area contributed by atoms with Gasteiger partial charge in [-0.15, -0.1) is 11.3 Å². The zero-order valence-corrected chi connectivity index (χ0v) is 13.2. The summed E-state index contributed by atoms with van der Waals surface area (Å²) in [4.78, 5) is 5.03. The minimum atomic E-state index is 0.895. The highest BCUT2D eigenvalue weighted by molar-refractivity contribution is 7.12. The summed E-state index contributed by atoms with van der Waals surface area (Å²) in [5.74, 6) is 0.895. The molecule has 2 rings (SSSR count). The highest BCUT2D eigenvalue weighted by Crippen LogP contribution is 2.23. The Labute approximate surface area is 125 Å². The topological polar surface area (TPSA) is 24.5 Å². The third-order valence-electron chi connectivity index (χ3n) is 3.17. The maximum Gasteiger partial charge on any atom is 0.119 e. The first kappa shape index (κ1) is 14.9. The smallest absolute Gasteiger partial charge is 0.119 e. The number of rotatable bonds is 7. The van der Waals surface area contributed by atoms with Crippen LogP contribution in [0.25, 0.3) is 0 Å². The van der Waals surface area contributed by atoms with Gasteiger partial charge >= 0.3 is 0 Å². The van der Waals surface area contributed by atoms with E-state index in [2.05, 4.69) is 48.5 Å². The van der Waals surface area contributed by atoms with Crippen LogP contribution in [0.2, 0.25) is 0 Å². The van der Waals surface area contributed by atoms with Gasteiger partial charge in [-0.3, -0.25) is 0 Å². The monoisotopic (exact) mass is 290 g/mol. The Kier molecular flexibility index (Phi) is 5.44. The van der Waals surface area contributed by atoms with Crippen molar-refractivity contribution in [1.82, 2.24) is 5.32 Å². The maximum atomic E-state index is 5.18. The van der Waals surface area contributed by atoms with Crippen LogP contribution in [0.15, 0.2) is 36.4 Å². The molecule has 2 aromatic rings. The molecule has 4 heteroatoms. The number of methoxy groups -OCH3 is 1. The molecule has 0 atom stereocenters. The van der Waals surface area contributed by atoms with Crippen molar-refractivity contribution in [2.24, 2.45) is 0 Å². The van der Waals surface area contributed by atoms with Gasteiger partial charge in [0.15, 0.2) is 0 Å². The molecule has 20 heavy (non-hydrogen) atoms. The SMILES string of the molecule is CCNCc1ccc(CN(C)c2ccc(OC)cc2)s1. The van der Waals surface area contributed by atoms with Crippen molar-refractivity contribution >= 4 is 17.0 Å². The maximum absolute atomic E-state index is 5.18. The minimum Gasteiger partial charge on any atom is -0.497 e. The average Bonchev–Trinajstić information content (AvgIpc) is 2.92. The highest BCUT2D eigenvalue weighted by atomic mass is 32.1. The van der Waals surface area contributed by atoms with Gasteiger partial charge in [0.05, 0.1) is 13.7 Å². The number of nitrogens with one attached hydrogen (secondary N) is 1. The van der Waals surface area contributed by atoms with E-state index in [1.165, 1.54) is 15.4 Å². The number of ether oxygens (including phenoxy) is 1. The van der Waals surface area contributed by atoms with Crippen LogP contribution in [0.5, 0.6) is 5.75 Å². The Morgan fingerprint density at radius 3 is 2.45 bits per heavy atom. The van der Waals surface area contributed by atoms with Gasteiger partial charge in [0.2, 0.25) is 0 Å². The summed E-state index contributed by atoms with van der Waals surface area (Å²) in [6.45, 7) is 5.04. The van der Waals surface area contributed by atoms with E-state index in [1.54, 1.807) is 7.11 Å². The third-order valence-corrected chi connectivity index (χ3v) is 4.24. The number of hydrogen-bond donors (Lipinski definition) is 1. The molecule has 0 aliphatic rings. The summed E-state index contributed by atoms with van der Waals surface area (Å²) in [5, 5.41) is 3.36. The van der Waals surface area contributed by atoms with Gasteiger partial charge in [-0.1, -0.05) is 6.92 Å². The quantitative estimate of drug-likeness (QED) is 0.844. The summed E-state index contributed by atoms with van der Waals surface area (Å²) in [6.07, 6.45) is 0. The van der Waals surface area contributed by atoms with E-state index in [9.17, 15) is 0 Å². The molecule has 1 heterocycles. The lowest BCUT2D eigenvalue weighted by molar-refractivity contribution is 0.415. The predicted molar refractivity (Wildman–Crippen MR) is 86.8 cm³/mol. The summed E-state index contributed by atoms with van der Waals surface area (Å²) in [5.41, 5.74) is 1.20. The van der Waals surface area contributed by atoms with Crippen molar-refractivity contribution in [3.63, 3.8) is 0 Å². The molecule has 1 aromatic carbocycles. The fourth-order valence-electron chi connectivity index (χ4n) is 2.01. The van der Waals surface area contributed by atoms with Crippen LogP contribution in [0.4, 0.5) is 5.69 Å². The summed E-state index contributed by atoms with van der Waals surface area (Å²) in [7, 11) is 3.81. The second-order valence-corrected chi connectivity index (χ2v) is 5.96. The molecule has 0 amide bonds. The molecule has 3 nitrogen and oxygen atoms in total. The molecule has 0 radical (unpaired) electrons. The summed E-state index contributed by atoms with van der Waals surface area (Å²) < 4.78 is 5.18. The Morgan fingerprint density at radius 2 is 1.80 bits per heavy atom.